The summed E-state index contributed by atoms with van der Waals surface area (Å²) < 4.78 is 0. The molecule has 0 aromatic heterocycles. The molecule has 36 heavy (non-hydrogen) atoms. The fraction of sp³-hybridized carbons (Fsp3) is 0.556. The maximum atomic E-state index is 4.06. The van der Waals surface area contributed by atoms with Crippen LogP contribution in [0.1, 0.15) is 133 Å². The number of benzene rings is 2. The summed E-state index contributed by atoms with van der Waals surface area (Å²) >= 11 is 0. The van der Waals surface area contributed by atoms with Gasteiger partial charge in [-0.2, -0.15) is 0 Å². The lowest BCUT2D eigenvalue weighted by atomic mass is 9.78. The summed E-state index contributed by atoms with van der Waals surface area (Å²) in [7, 11) is 0. The minimum atomic E-state index is 0. The van der Waals surface area contributed by atoms with Gasteiger partial charge in [0.2, 0.25) is 0 Å². The van der Waals surface area contributed by atoms with Crippen molar-refractivity contribution in [2.75, 3.05) is 0 Å². The van der Waals surface area contributed by atoms with Gasteiger partial charge in [0, 0.05) is 0 Å². The lowest BCUT2D eigenvalue weighted by Crippen LogP contribution is -2.16. The van der Waals surface area contributed by atoms with Gasteiger partial charge in [0.1, 0.15) is 0 Å². The Bertz CT molecular complexity index is 1050. The average Bonchev–Trinajstić information content (AvgIpc) is 3.45. The van der Waals surface area contributed by atoms with Crippen molar-refractivity contribution >= 4 is 5.57 Å². The van der Waals surface area contributed by atoms with Crippen LogP contribution < -0.4 is 0 Å². The summed E-state index contributed by atoms with van der Waals surface area (Å²) in [6, 6.07) is 14.0. The Labute approximate surface area is 224 Å². The zero-order valence-corrected chi connectivity index (χ0v) is 24.0. The molecule has 2 aliphatic rings. The minimum absolute atomic E-state index is 0. The van der Waals surface area contributed by atoms with Crippen molar-refractivity contribution in [1.29, 1.82) is 0 Å². The second-order valence-corrected chi connectivity index (χ2v) is 12.4. The molecule has 0 N–H and O–H groups in total. The highest BCUT2D eigenvalue weighted by atomic mass is 14.3. The monoisotopic (exact) mass is 486 g/mol. The molecule has 0 amide bonds. The fourth-order valence-corrected chi connectivity index (χ4v) is 6.13. The molecule has 0 radical (unpaired) electrons. The van der Waals surface area contributed by atoms with Crippen LogP contribution in [-0.2, 0) is 11.8 Å². The number of rotatable bonds is 5. The second kappa shape index (κ2) is 12.9. The van der Waals surface area contributed by atoms with Gasteiger partial charge in [0.05, 0.1) is 0 Å². The van der Waals surface area contributed by atoms with E-state index < -0.39 is 0 Å². The molecule has 1 unspecified atom stereocenters. The molecule has 0 heteroatoms. The van der Waals surface area contributed by atoms with Crippen molar-refractivity contribution in [3.05, 3.63) is 87.5 Å². The molecular weight excluding hydrogens is 432 g/mol. The van der Waals surface area contributed by atoms with Crippen molar-refractivity contribution in [3.8, 4) is 0 Å². The first-order chi connectivity index (χ1) is 16.5. The van der Waals surface area contributed by atoms with Crippen molar-refractivity contribution in [2.45, 2.75) is 126 Å². The lowest BCUT2D eigenvalue weighted by molar-refractivity contribution is 0.568. The number of hydrogen-bond acceptors (Lipinski definition) is 0. The van der Waals surface area contributed by atoms with E-state index in [0.29, 0.717) is 0 Å². The van der Waals surface area contributed by atoms with E-state index in [2.05, 4.69) is 98.4 Å². The minimum Gasteiger partial charge on any atom is -0.100 e. The highest BCUT2D eigenvalue weighted by Gasteiger charge is 2.25. The van der Waals surface area contributed by atoms with Crippen LogP contribution in [0.3, 0.4) is 0 Å². The van der Waals surface area contributed by atoms with Gasteiger partial charge in [-0.05, 0) is 117 Å². The van der Waals surface area contributed by atoms with Gasteiger partial charge >= 0.3 is 0 Å². The van der Waals surface area contributed by atoms with Crippen LogP contribution in [0.25, 0.3) is 5.57 Å². The average molecular weight is 487 g/mol. The van der Waals surface area contributed by atoms with Crippen LogP contribution >= 0.6 is 0 Å². The fourth-order valence-electron chi connectivity index (χ4n) is 6.13. The second-order valence-electron chi connectivity index (χ2n) is 12.4. The number of aryl methyl sites for hydroxylation is 3. The molecule has 0 heterocycles. The van der Waals surface area contributed by atoms with Gasteiger partial charge in [-0.1, -0.05) is 101 Å². The molecular formula is C36H54. The lowest BCUT2D eigenvalue weighted by Gasteiger charge is -2.26. The van der Waals surface area contributed by atoms with Crippen LogP contribution in [0.2, 0.25) is 0 Å². The molecule has 2 aromatic rings. The van der Waals surface area contributed by atoms with Crippen molar-refractivity contribution in [3.63, 3.8) is 0 Å². The van der Waals surface area contributed by atoms with Gasteiger partial charge in [-0.25, -0.2) is 0 Å². The molecule has 0 spiro atoms. The maximum absolute atomic E-state index is 4.06. The summed E-state index contributed by atoms with van der Waals surface area (Å²) in [6.07, 6.45) is 10.5. The van der Waals surface area contributed by atoms with Crippen LogP contribution in [0.4, 0.5) is 0 Å². The largest absolute Gasteiger partial charge is 0.100 e. The van der Waals surface area contributed by atoms with E-state index in [9.17, 15) is 0 Å². The summed E-state index contributed by atoms with van der Waals surface area (Å²) in [5, 5.41) is 0. The Morgan fingerprint density at radius 1 is 0.944 bits per heavy atom. The standard InChI is InChI=1S/C18H24.C17H26.CH4/c1-12(2)10-16-8-9-17(15(16)5)18-11-13(3)6-7-14(18)4;1-5-13-10-11-15(14-8-6-7-9-14)16(12-13)17(2,3)4;/h6-7,11,16H,1,8-10H2,2-5H3;10-12,14H,5-9H2,1-4H3;1H4. The molecule has 0 bridgehead atoms. The Morgan fingerprint density at radius 2 is 1.61 bits per heavy atom. The molecule has 1 atom stereocenters. The highest BCUT2D eigenvalue weighted by molar-refractivity contribution is 5.73. The van der Waals surface area contributed by atoms with E-state index in [4.69, 9.17) is 0 Å². The molecule has 2 aromatic carbocycles. The van der Waals surface area contributed by atoms with E-state index in [1.807, 2.05) is 0 Å². The van der Waals surface area contributed by atoms with Gasteiger partial charge < -0.3 is 0 Å². The Balaban J connectivity index is 0.000000247. The summed E-state index contributed by atoms with van der Waals surface area (Å²) in [5.41, 5.74) is 13.7. The van der Waals surface area contributed by atoms with Gasteiger partial charge in [0.15, 0.2) is 0 Å². The first kappa shape index (κ1) is 30.1. The van der Waals surface area contributed by atoms with Crippen molar-refractivity contribution < 1.29 is 0 Å². The van der Waals surface area contributed by atoms with Crippen LogP contribution in [0.15, 0.2) is 54.1 Å². The smallest absolute Gasteiger partial charge is 0.0129 e. The van der Waals surface area contributed by atoms with E-state index >= 15 is 0 Å². The summed E-state index contributed by atoms with van der Waals surface area (Å²) in [5.74, 6) is 1.55. The Morgan fingerprint density at radius 3 is 2.19 bits per heavy atom. The SMILES string of the molecule is C.C=C(C)CC1CCC(c2cc(C)ccc2C)=C1C.CCc1ccc(C2CCCC2)c(C(C)(C)C)c1. The van der Waals surface area contributed by atoms with E-state index in [0.717, 1.165) is 24.7 Å². The third-order valence-corrected chi connectivity index (χ3v) is 8.27. The maximum Gasteiger partial charge on any atom is -0.0129 e. The molecule has 1 saturated carbocycles. The predicted octanol–water partition coefficient (Wildman–Crippen LogP) is 11.3. The van der Waals surface area contributed by atoms with E-state index in [-0.39, 0.29) is 12.8 Å². The van der Waals surface area contributed by atoms with Crippen LogP contribution in [-0.4, -0.2) is 0 Å². The normalized spacial score (nSPS) is 18.1. The van der Waals surface area contributed by atoms with Crippen LogP contribution in [0.5, 0.6) is 0 Å². The van der Waals surface area contributed by atoms with Crippen LogP contribution in [0, 0.1) is 19.8 Å². The third kappa shape index (κ3) is 7.47. The first-order valence-corrected chi connectivity index (χ1v) is 14.1. The first-order valence-electron chi connectivity index (χ1n) is 14.1. The van der Waals surface area contributed by atoms with Crippen molar-refractivity contribution in [1.82, 2.24) is 0 Å². The van der Waals surface area contributed by atoms with Gasteiger partial charge in [-0.15, -0.1) is 6.58 Å². The molecule has 198 valence electrons. The predicted molar refractivity (Wildman–Crippen MR) is 163 cm³/mol. The molecule has 1 fully saturated rings. The highest BCUT2D eigenvalue weighted by Crippen LogP contribution is 2.42. The number of hydrogen-bond donors (Lipinski definition) is 0. The molecule has 0 saturated heterocycles. The van der Waals surface area contributed by atoms with Crippen molar-refractivity contribution in [2.24, 2.45) is 5.92 Å². The van der Waals surface area contributed by atoms with E-state index in [1.54, 1.807) is 22.3 Å². The topological polar surface area (TPSA) is 0 Å². The molecule has 2 aliphatic carbocycles. The zero-order chi connectivity index (χ0) is 25.8. The number of allylic oxidation sites excluding steroid dienone is 3. The van der Waals surface area contributed by atoms with Gasteiger partial charge in [-0.3, -0.25) is 0 Å². The molecule has 0 nitrogen and oxygen atoms in total. The Kier molecular flexibility index (Phi) is 10.8. The molecule has 0 aliphatic heterocycles. The Hall–Kier alpha value is -2.08. The molecule has 4 rings (SSSR count). The summed E-state index contributed by atoms with van der Waals surface area (Å²) in [6.45, 7) is 22.2. The van der Waals surface area contributed by atoms with E-state index in [1.165, 1.54) is 66.4 Å². The van der Waals surface area contributed by atoms with Gasteiger partial charge in [0.25, 0.3) is 0 Å². The third-order valence-electron chi connectivity index (χ3n) is 8.27. The quantitative estimate of drug-likeness (QED) is 0.369. The zero-order valence-electron chi connectivity index (χ0n) is 24.0. The summed E-state index contributed by atoms with van der Waals surface area (Å²) in [4.78, 5) is 0.